The van der Waals surface area contributed by atoms with Crippen LogP contribution in [-0.4, -0.2) is 32.0 Å². The van der Waals surface area contributed by atoms with Crippen molar-refractivity contribution in [3.8, 4) is 0 Å². The highest BCUT2D eigenvalue weighted by molar-refractivity contribution is 7.90. The normalized spacial score (nSPS) is 11.6. The van der Waals surface area contributed by atoms with Crippen LogP contribution in [0.15, 0.2) is 36.5 Å². The van der Waals surface area contributed by atoms with Crippen molar-refractivity contribution in [2.24, 2.45) is 0 Å². The number of anilines is 1. The Morgan fingerprint density at radius 3 is 2.76 bits per heavy atom. The SMILES string of the molecule is CS(=O)(=O)CCNc1ccnc2ccccc12. The fraction of sp³-hybridized carbons (Fsp3) is 0.250. The highest BCUT2D eigenvalue weighted by Gasteiger charge is 2.03. The number of hydrogen-bond donors (Lipinski definition) is 1. The Balaban J connectivity index is 2.19. The lowest BCUT2D eigenvalue weighted by molar-refractivity contribution is 0.602. The first-order valence-corrected chi connectivity index (χ1v) is 7.38. The first kappa shape index (κ1) is 11.9. The maximum absolute atomic E-state index is 11.0. The van der Waals surface area contributed by atoms with Crippen LogP contribution >= 0.6 is 0 Å². The van der Waals surface area contributed by atoms with Crippen LogP contribution in [0.4, 0.5) is 5.69 Å². The van der Waals surface area contributed by atoms with Crippen LogP contribution < -0.4 is 5.32 Å². The van der Waals surface area contributed by atoms with E-state index < -0.39 is 9.84 Å². The second-order valence-corrected chi connectivity index (χ2v) is 6.19. The van der Waals surface area contributed by atoms with Crippen molar-refractivity contribution in [3.63, 3.8) is 0 Å². The summed E-state index contributed by atoms with van der Waals surface area (Å²) in [6, 6.07) is 9.61. The summed E-state index contributed by atoms with van der Waals surface area (Å²) in [4.78, 5) is 4.24. The van der Waals surface area contributed by atoms with Crippen LogP contribution in [0, 0.1) is 0 Å². The second kappa shape index (κ2) is 4.71. The Bertz CT molecular complexity index is 618. The van der Waals surface area contributed by atoms with E-state index in [1.165, 1.54) is 6.26 Å². The summed E-state index contributed by atoms with van der Waals surface area (Å²) in [6.45, 7) is 0.410. The third kappa shape index (κ3) is 3.17. The molecule has 0 saturated heterocycles. The van der Waals surface area contributed by atoms with Gasteiger partial charge in [0.1, 0.15) is 9.84 Å². The van der Waals surface area contributed by atoms with E-state index in [-0.39, 0.29) is 5.75 Å². The van der Waals surface area contributed by atoms with Gasteiger partial charge in [0.15, 0.2) is 0 Å². The highest BCUT2D eigenvalue weighted by atomic mass is 32.2. The molecule has 0 bridgehead atoms. The van der Waals surface area contributed by atoms with Crippen molar-refractivity contribution in [1.82, 2.24) is 4.98 Å². The molecule has 0 unspecified atom stereocenters. The Labute approximate surface area is 101 Å². The molecule has 90 valence electrons. The zero-order chi connectivity index (χ0) is 12.3. The van der Waals surface area contributed by atoms with Crippen molar-refractivity contribution < 1.29 is 8.42 Å². The first-order chi connectivity index (χ1) is 8.06. The third-order valence-corrected chi connectivity index (χ3v) is 3.38. The zero-order valence-corrected chi connectivity index (χ0v) is 10.4. The van der Waals surface area contributed by atoms with E-state index in [0.717, 1.165) is 16.6 Å². The molecule has 0 aliphatic rings. The van der Waals surface area contributed by atoms with Gasteiger partial charge in [0.2, 0.25) is 0 Å². The standard InChI is InChI=1S/C12H14N2O2S/c1-17(15,16)9-8-14-12-6-7-13-11-5-3-2-4-10(11)12/h2-7H,8-9H2,1H3,(H,13,14). The smallest absolute Gasteiger partial charge is 0.149 e. The summed E-state index contributed by atoms with van der Waals surface area (Å²) in [5, 5.41) is 4.13. The van der Waals surface area contributed by atoms with E-state index in [2.05, 4.69) is 10.3 Å². The highest BCUT2D eigenvalue weighted by Crippen LogP contribution is 2.20. The van der Waals surface area contributed by atoms with E-state index in [0.29, 0.717) is 6.54 Å². The van der Waals surface area contributed by atoms with E-state index in [1.807, 2.05) is 30.3 Å². The summed E-state index contributed by atoms with van der Waals surface area (Å²) in [7, 11) is -2.93. The molecule has 0 aliphatic carbocycles. The number of pyridine rings is 1. The fourth-order valence-corrected chi connectivity index (χ4v) is 2.09. The van der Waals surface area contributed by atoms with E-state index >= 15 is 0 Å². The van der Waals surface area contributed by atoms with E-state index in [1.54, 1.807) is 6.20 Å². The quantitative estimate of drug-likeness (QED) is 0.897. The summed E-state index contributed by atoms with van der Waals surface area (Å²) < 4.78 is 22.1. The fourth-order valence-electron chi connectivity index (χ4n) is 1.62. The molecule has 0 atom stereocenters. The maximum atomic E-state index is 11.0. The van der Waals surface area contributed by atoms with Crippen molar-refractivity contribution in [3.05, 3.63) is 36.5 Å². The molecule has 0 saturated carbocycles. The number of nitrogens with zero attached hydrogens (tertiary/aromatic N) is 1. The number of sulfone groups is 1. The van der Waals surface area contributed by atoms with Crippen LogP contribution in [0.25, 0.3) is 10.9 Å². The second-order valence-electron chi connectivity index (χ2n) is 3.93. The molecule has 1 heterocycles. The van der Waals surface area contributed by atoms with Gasteiger partial charge in [-0.05, 0) is 12.1 Å². The number of para-hydroxylation sites is 1. The van der Waals surface area contributed by atoms with Gasteiger partial charge in [0, 0.05) is 30.1 Å². The zero-order valence-electron chi connectivity index (χ0n) is 9.55. The average molecular weight is 250 g/mol. The predicted octanol–water partition coefficient (Wildman–Crippen LogP) is 1.69. The molecule has 0 amide bonds. The number of fused-ring (bicyclic) bond motifs is 1. The molecule has 0 spiro atoms. The lowest BCUT2D eigenvalue weighted by Crippen LogP contribution is -2.14. The Hall–Kier alpha value is -1.62. The number of benzene rings is 1. The largest absolute Gasteiger partial charge is 0.383 e. The lowest BCUT2D eigenvalue weighted by Gasteiger charge is -2.08. The summed E-state index contributed by atoms with van der Waals surface area (Å²) in [5.41, 5.74) is 1.82. The molecule has 1 aromatic heterocycles. The monoisotopic (exact) mass is 250 g/mol. The topological polar surface area (TPSA) is 59.1 Å². The van der Waals surface area contributed by atoms with Crippen molar-refractivity contribution in [1.29, 1.82) is 0 Å². The summed E-state index contributed by atoms with van der Waals surface area (Å²) in [5.74, 6) is 0.129. The van der Waals surface area contributed by atoms with Crippen LogP contribution in [0.5, 0.6) is 0 Å². The molecule has 2 aromatic rings. The number of hydrogen-bond acceptors (Lipinski definition) is 4. The molecule has 0 aliphatic heterocycles. The predicted molar refractivity (Wildman–Crippen MR) is 69.9 cm³/mol. The number of nitrogens with one attached hydrogen (secondary N) is 1. The molecule has 0 fully saturated rings. The van der Waals surface area contributed by atoms with Crippen molar-refractivity contribution in [2.75, 3.05) is 23.9 Å². The molecule has 4 nitrogen and oxygen atoms in total. The molecular weight excluding hydrogens is 236 g/mol. The molecular formula is C12H14N2O2S. The van der Waals surface area contributed by atoms with Crippen molar-refractivity contribution in [2.45, 2.75) is 0 Å². The molecule has 1 N–H and O–H groups in total. The maximum Gasteiger partial charge on any atom is 0.149 e. The summed E-state index contributed by atoms with van der Waals surface area (Å²) in [6.07, 6.45) is 2.95. The van der Waals surface area contributed by atoms with Crippen LogP contribution in [0.3, 0.4) is 0 Å². The van der Waals surface area contributed by atoms with E-state index in [9.17, 15) is 8.42 Å². The Morgan fingerprint density at radius 2 is 2.00 bits per heavy atom. The van der Waals surface area contributed by atoms with Crippen molar-refractivity contribution >= 4 is 26.4 Å². The number of rotatable bonds is 4. The van der Waals surface area contributed by atoms with Crippen LogP contribution in [0.1, 0.15) is 0 Å². The minimum absolute atomic E-state index is 0.129. The van der Waals surface area contributed by atoms with Gasteiger partial charge in [-0.3, -0.25) is 4.98 Å². The average Bonchev–Trinajstić information content (AvgIpc) is 2.28. The van der Waals surface area contributed by atoms with Gasteiger partial charge in [-0.2, -0.15) is 0 Å². The molecule has 17 heavy (non-hydrogen) atoms. The van der Waals surface area contributed by atoms with Gasteiger partial charge in [0.25, 0.3) is 0 Å². The van der Waals surface area contributed by atoms with Gasteiger partial charge >= 0.3 is 0 Å². The Morgan fingerprint density at radius 1 is 1.24 bits per heavy atom. The van der Waals surface area contributed by atoms with Crippen LogP contribution in [0.2, 0.25) is 0 Å². The van der Waals surface area contributed by atoms with Gasteiger partial charge in [-0.15, -0.1) is 0 Å². The van der Waals surface area contributed by atoms with E-state index in [4.69, 9.17) is 0 Å². The lowest BCUT2D eigenvalue weighted by atomic mass is 10.2. The van der Waals surface area contributed by atoms with Gasteiger partial charge < -0.3 is 5.32 Å². The summed E-state index contributed by atoms with van der Waals surface area (Å²) >= 11 is 0. The Kier molecular flexibility index (Phi) is 3.28. The minimum atomic E-state index is -2.93. The van der Waals surface area contributed by atoms with Crippen LogP contribution in [-0.2, 0) is 9.84 Å². The molecule has 0 radical (unpaired) electrons. The molecule has 1 aromatic carbocycles. The van der Waals surface area contributed by atoms with Gasteiger partial charge in [-0.25, -0.2) is 8.42 Å². The van der Waals surface area contributed by atoms with Gasteiger partial charge in [0.05, 0.1) is 11.3 Å². The first-order valence-electron chi connectivity index (χ1n) is 5.31. The van der Waals surface area contributed by atoms with Gasteiger partial charge in [-0.1, -0.05) is 18.2 Å². The molecule has 2 rings (SSSR count). The minimum Gasteiger partial charge on any atom is -0.383 e. The third-order valence-electron chi connectivity index (χ3n) is 2.44. The number of aromatic nitrogens is 1. The molecule has 5 heteroatoms.